The molecule has 6 heteroatoms. The van der Waals surface area contributed by atoms with Crippen LogP contribution in [-0.4, -0.2) is 62.0 Å². The van der Waals surface area contributed by atoms with Crippen LogP contribution in [0.4, 0.5) is 0 Å². The minimum absolute atomic E-state index is 0.218. The summed E-state index contributed by atoms with van der Waals surface area (Å²) in [5, 5.41) is 15.8. The number of aliphatic imine (C=N–C) groups is 1. The van der Waals surface area contributed by atoms with E-state index in [9.17, 15) is 9.90 Å². The first-order valence-electron chi connectivity index (χ1n) is 8.19. The molecule has 1 amide bonds. The van der Waals surface area contributed by atoms with Crippen molar-refractivity contribution in [3.8, 4) is 0 Å². The monoisotopic (exact) mass is 330 g/mol. The lowest BCUT2D eigenvalue weighted by molar-refractivity contribution is -0.117. The second kappa shape index (κ2) is 9.20. The highest BCUT2D eigenvalue weighted by Gasteiger charge is 2.19. The fraction of sp³-hybridized carbons (Fsp3) is 0.444. The lowest BCUT2D eigenvalue weighted by atomic mass is 10.00. The molecule has 1 aromatic carbocycles. The summed E-state index contributed by atoms with van der Waals surface area (Å²) in [6.07, 6.45) is 3.46. The highest BCUT2D eigenvalue weighted by Crippen LogP contribution is 2.18. The Labute approximate surface area is 143 Å². The van der Waals surface area contributed by atoms with E-state index in [1.807, 2.05) is 6.07 Å². The molecular weight excluding hydrogens is 304 g/mol. The van der Waals surface area contributed by atoms with Crippen LogP contribution in [0.3, 0.4) is 0 Å². The molecule has 3 N–H and O–H groups in total. The molecule has 1 atom stereocenters. The van der Waals surface area contributed by atoms with Gasteiger partial charge in [-0.1, -0.05) is 24.3 Å². The van der Waals surface area contributed by atoms with Gasteiger partial charge in [-0.3, -0.25) is 14.7 Å². The molecule has 0 spiro atoms. The lowest BCUT2D eigenvalue weighted by Gasteiger charge is -2.30. The average Bonchev–Trinajstić information content (AvgIpc) is 2.59. The highest BCUT2D eigenvalue weighted by molar-refractivity contribution is 6.12. The first-order chi connectivity index (χ1) is 11.6. The van der Waals surface area contributed by atoms with Crippen LogP contribution in [0.1, 0.15) is 11.1 Å². The number of benzene rings is 1. The maximum Gasteiger partial charge on any atom is 0.254 e. The van der Waals surface area contributed by atoms with Crippen molar-refractivity contribution in [2.24, 2.45) is 4.99 Å². The third kappa shape index (κ3) is 5.18. The molecule has 0 radical (unpaired) electrons. The number of nitrogens with one attached hydrogen (secondary N) is 2. The number of fused-ring (bicyclic) bond motifs is 1. The summed E-state index contributed by atoms with van der Waals surface area (Å²) in [6, 6.07) is 8.40. The third-order valence-corrected chi connectivity index (χ3v) is 4.01. The number of aliphatic hydroxyl groups is 1. The van der Waals surface area contributed by atoms with Gasteiger partial charge in [-0.25, -0.2) is 0 Å². The van der Waals surface area contributed by atoms with Crippen molar-refractivity contribution >= 4 is 12.1 Å². The number of aliphatic hydroxyl groups excluding tert-OH is 1. The van der Waals surface area contributed by atoms with Crippen molar-refractivity contribution in [3.05, 3.63) is 47.2 Å². The Bertz CT molecular complexity index is 613. The van der Waals surface area contributed by atoms with Gasteiger partial charge in [0.25, 0.3) is 5.91 Å². The summed E-state index contributed by atoms with van der Waals surface area (Å²) < 4.78 is 0. The molecule has 0 aliphatic carbocycles. The van der Waals surface area contributed by atoms with Crippen molar-refractivity contribution in [1.29, 1.82) is 0 Å². The standard InChI is InChI=1S/C18H26N4O2/c1-19-9-16(10-20-2)18(24)21-11-17(23)13-22-8-7-14-5-3-4-6-15(14)12-22/h3-6,9-10,17,19,23H,7-8,11-13H2,1-2H3,(H,21,24)/b16-9+,20-10-/t17-/m0/s1. The number of hydrogen-bond acceptors (Lipinski definition) is 5. The number of carbonyl (C=O) groups excluding carboxylic acids is 1. The number of nitrogens with zero attached hydrogens (tertiary/aromatic N) is 2. The Kier molecular flexibility index (Phi) is 6.96. The Balaban J connectivity index is 1.80. The maximum atomic E-state index is 12.0. The van der Waals surface area contributed by atoms with Crippen LogP contribution in [0.15, 0.2) is 41.0 Å². The number of rotatable bonds is 7. The molecule has 2 rings (SSSR count). The van der Waals surface area contributed by atoms with Crippen LogP contribution in [0.25, 0.3) is 0 Å². The Morgan fingerprint density at radius 3 is 2.88 bits per heavy atom. The molecule has 0 fully saturated rings. The second-order valence-electron chi connectivity index (χ2n) is 5.89. The maximum absolute atomic E-state index is 12.0. The van der Waals surface area contributed by atoms with Crippen LogP contribution in [0.5, 0.6) is 0 Å². The van der Waals surface area contributed by atoms with Crippen molar-refractivity contribution in [2.75, 3.05) is 33.7 Å². The van der Waals surface area contributed by atoms with Crippen molar-refractivity contribution in [3.63, 3.8) is 0 Å². The van der Waals surface area contributed by atoms with Crippen molar-refractivity contribution in [1.82, 2.24) is 15.5 Å². The van der Waals surface area contributed by atoms with Crippen molar-refractivity contribution < 1.29 is 9.90 Å². The molecule has 130 valence electrons. The summed E-state index contributed by atoms with van der Waals surface area (Å²) in [5.41, 5.74) is 3.13. The third-order valence-electron chi connectivity index (χ3n) is 4.01. The summed E-state index contributed by atoms with van der Waals surface area (Å²) in [4.78, 5) is 18.1. The Morgan fingerprint density at radius 1 is 1.42 bits per heavy atom. The second-order valence-corrected chi connectivity index (χ2v) is 5.89. The van der Waals surface area contributed by atoms with Gasteiger partial charge in [0.2, 0.25) is 0 Å². The van der Waals surface area contributed by atoms with Crippen LogP contribution in [-0.2, 0) is 17.8 Å². The normalized spacial score (nSPS) is 16.7. The van der Waals surface area contributed by atoms with E-state index in [1.54, 1.807) is 20.3 Å². The highest BCUT2D eigenvalue weighted by atomic mass is 16.3. The predicted molar refractivity (Wildman–Crippen MR) is 96.0 cm³/mol. The smallest absolute Gasteiger partial charge is 0.254 e. The van der Waals surface area contributed by atoms with Gasteiger partial charge in [-0.05, 0) is 17.5 Å². The van der Waals surface area contributed by atoms with E-state index < -0.39 is 6.10 Å². The molecule has 0 unspecified atom stereocenters. The molecule has 0 saturated carbocycles. The number of β-amino-alcohol motifs (C(OH)–C–C–N with tert-alkyl or cyclic N) is 1. The van der Waals surface area contributed by atoms with Gasteiger partial charge in [0.05, 0.1) is 11.7 Å². The zero-order valence-corrected chi connectivity index (χ0v) is 14.3. The molecule has 1 heterocycles. The van der Waals surface area contributed by atoms with Crippen molar-refractivity contribution in [2.45, 2.75) is 19.1 Å². The van der Waals surface area contributed by atoms with E-state index >= 15 is 0 Å². The van der Waals surface area contributed by atoms with E-state index in [4.69, 9.17) is 0 Å². The van der Waals surface area contributed by atoms with Crippen LogP contribution in [0.2, 0.25) is 0 Å². The lowest BCUT2D eigenvalue weighted by Crippen LogP contribution is -2.42. The van der Waals surface area contributed by atoms with Gasteiger partial charge in [0.1, 0.15) is 0 Å². The molecule has 0 aromatic heterocycles. The van der Waals surface area contributed by atoms with Gasteiger partial charge >= 0.3 is 0 Å². The Hall–Kier alpha value is -2.18. The topological polar surface area (TPSA) is 77.0 Å². The van der Waals surface area contributed by atoms with Crippen LogP contribution in [0, 0.1) is 0 Å². The van der Waals surface area contributed by atoms with Gasteiger partial charge in [-0.15, -0.1) is 0 Å². The number of carbonyl (C=O) groups is 1. The fourth-order valence-electron chi connectivity index (χ4n) is 2.84. The van der Waals surface area contributed by atoms with Crippen LogP contribution >= 0.6 is 0 Å². The predicted octanol–water partition coefficient (Wildman–Crippen LogP) is 0.326. The van der Waals surface area contributed by atoms with Gasteiger partial charge in [-0.2, -0.15) is 0 Å². The summed E-state index contributed by atoms with van der Waals surface area (Å²) in [6.45, 7) is 2.53. The number of hydrogen-bond donors (Lipinski definition) is 3. The molecule has 24 heavy (non-hydrogen) atoms. The molecule has 6 nitrogen and oxygen atoms in total. The first kappa shape index (κ1) is 18.2. The Morgan fingerprint density at radius 2 is 2.17 bits per heavy atom. The number of amides is 1. The quantitative estimate of drug-likeness (QED) is 0.497. The summed E-state index contributed by atoms with van der Waals surface area (Å²) >= 11 is 0. The molecule has 1 aromatic rings. The largest absolute Gasteiger partial charge is 0.393 e. The zero-order chi connectivity index (χ0) is 17.4. The minimum Gasteiger partial charge on any atom is -0.393 e. The molecule has 1 aliphatic heterocycles. The van der Waals surface area contributed by atoms with E-state index in [-0.39, 0.29) is 12.5 Å². The molecule has 1 aliphatic rings. The van der Waals surface area contributed by atoms with E-state index in [1.165, 1.54) is 17.3 Å². The minimum atomic E-state index is -0.603. The fourth-order valence-corrected chi connectivity index (χ4v) is 2.84. The molecule has 0 bridgehead atoms. The van der Waals surface area contributed by atoms with E-state index in [2.05, 4.69) is 38.7 Å². The summed E-state index contributed by atoms with van der Waals surface area (Å²) in [7, 11) is 3.33. The molecular formula is C18H26N4O2. The van der Waals surface area contributed by atoms with Gasteiger partial charge < -0.3 is 15.7 Å². The van der Waals surface area contributed by atoms with Gasteiger partial charge in [0, 0.05) is 52.7 Å². The van der Waals surface area contributed by atoms with Crippen LogP contribution < -0.4 is 10.6 Å². The van der Waals surface area contributed by atoms with E-state index in [0.717, 1.165) is 19.5 Å². The first-order valence-corrected chi connectivity index (χ1v) is 8.19. The SMILES string of the molecule is C/N=C\C(=C/NC)C(=O)NC[C@H](O)CN1CCc2ccccc2C1. The average molecular weight is 330 g/mol. The van der Waals surface area contributed by atoms with Gasteiger partial charge in [0.15, 0.2) is 0 Å². The van der Waals surface area contributed by atoms with E-state index in [0.29, 0.717) is 12.1 Å². The molecule has 0 saturated heterocycles. The zero-order valence-electron chi connectivity index (χ0n) is 14.3. The summed E-state index contributed by atoms with van der Waals surface area (Å²) in [5.74, 6) is -0.252.